The molecule has 1 atom stereocenters. The summed E-state index contributed by atoms with van der Waals surface area (Å²) >= 11 is 0. The minimum atomic E-state index is -0.0521. The van der Waals surface area contributed by atoms with E-state index in [1.54, 1.807) is 17.0 Å². The predicted octanol–water partition coefficient (Wildman–Crippen LogP) is 0.249. The molecule has 19 heavy (non-hydrogen) atoms. The summed E-state index contributed by atoms with van der Waals surface area (Å²) in [6.07, 6.45) is 3.50. The van der Waals surface area contributed by atoms with E-state index in [9.17, 15) is 4.79 Å². The molecular weight excluding hydrogens is 244 g/mol. The van der Waals surface area contributed by atoms with Gasteiger partial charge in [0.15, 0.2) is 5.82 Å². The Labute approximate surface area is 113 Å². The first kappa shape index (κ1) is 14.0. The summed E-state index contributed by atoms with van der Waals surface area (Å²) < 4.78 is 7.34. The minimum Gasteiger partial charge on any atom is -0.374 e. The van der Waals surface area contributed by atoms with Gasteiger partial charge in [0.25, 0.3) is 5.56 Å². The average Bonchev–Trinajstić information content (AvgIpc) is 2.39. The first-order valence-electron chi connectivity index (χ1n) is 6.70. The molecule has 2 heterocycles. The van der Waals surface area contributed by atoms with Gasteiger partial charge in [0.2, 0.25) is 0 Å². The molecule has 1 aliphatic rings. The second-order valence-corrected chi connectivity index (χ2v) is 5.13. The summed E-state index contributed by atoms with van der Waals surface area (Å²) in [4.78, 5) is 18.4. The quantitative estimate of drug-likeness (QED) is 0.846. The van der Waals surface area contributed by atoms with Gasteiger partial charge in [0.05, 0.1) is 12.7 Å². The topological polar surface area (TPSA) is 59.4 Å². The van der Waals surface area contributed by atoms with Crippen LogP contribution in [0.25, 0.3) is 0 Å². The van der Waals surface area contributed by atoms with Crippen LogP contribution >= 0.6 is 0 Å². The molecule has 0 aliphatic carbocycles. The number of morpholine rings is 1. The normalized spacial score (nSPS) is 19.7. The van der Waals surface area contributed by atoms with Crippen molar-refractivity contribution in [3.63, 3.8) is 0 Å². The number of anilines is 1. The Morgan fingerprint density at radius 3 is 3.05 bits per heavy atom. The SMILES string of the molecule is CC(C)n1ccnc(N(C)CC2CNCCO2)c1=O. The van der Waals surface area contributed by atoms with E-state index in [-0.39, 0.29) is 17.7 Å². The smallest absolute Gasteiger partial charge is 0.293 e. The van der Waals surface area contributed by atoms with Crippen molar-refractivity contribution in [3.8, 4) is 0 Å². The van der Waals surface area contributed by atoms with Gasteiger partial charge < -0.3 is 19.5 Å². The number of rotatable bonds is 4. The molecule has 1 aliphatic heterocycles. The van der Waals surface area contributed by atoms with Crippen molar-refractivity contribution in [1.29, 1.82) is 0 Å². The van der Waals surface area contributed by atoms with Crippen LogP contribution < -0.4 is 15.8 Å². The van der Waals surface area contributed by atoms with Crippen molar-refractivity contribution >= 4 is 5.82 Å². The summed E-state index contributed by atoms with van der Waals surface area (Å²) in [6.45, 7) is 7.06. The van der Waals surface area contributed by atoms with Crippen molar-refractivity contribution < 1.29 is 4.74 Å². The third-order valence-electron chi connectivity index (χ3n) is 3.25. The number of aromatic nitrogens is 2. The van der Waals surface area contributed by atoms with Gasteiger partial charge in [0, 0.05) is 45.1 Å². The lowest BCUT2D eigenvalue weighted by molar-refractivity contribution is 0.0339. The zero-order valence-corrected chi connectivity index (χ0v) is 11.8. The molecule has 1 saturated heterocycles. The molecule has 0 saturated carbocycles. The van der Waals surface area contributed by atoms with Gasteiger partial charge >= 0.3 is 0 Å². The molecule has 1 aromatic heterocycles. The van der Waals surface area contributed by atoms with Crippen LogP contribution in [0.4, 0.5) is 5.82 Å². The lowest BCUT2D eigenvalue weighted by Gasteiger charge is -2.28. The molecule has 1 aromatic rings. The molecule has 0 bridgehead atoms. The van der Waals surface area contributed by atoms with Crippen LogP contribution in [0.15, 0.2) is 17.2 Å². The predicted molar refractivity (Wildman–Crippen MR) is 74.8 cm³/mol. The molecule has 0 spiro atoms. The molecule has 1 fully saturated rings. The van der Waals surface area contributed by atoms with E-state index >= 15 is 0 Å². The van der Waals surface area contributed by atoms with E-state index in [0.717, 1.165) is 19.7 Å². The van der Waals surface area contributed by atoms with Crippen LogP contribution in [0.3, 0.4) is 0 Å². The summed E-state index contributed by atoms with van der Waals surface area (Å²) in [5.74, 6) is 0.477. The maximum atomic E-state index is 12.3. The molecule has 6 nitrogen and oxygen atoms in total. The molecule has 0 aromatic carbocycles. The summed E-state index contributed by atoms with van der Waals surface area (Å²) in [6, 6.07) is 0.134. The van der Waals surface area contributed by atoms with E-state index in [0.29, 0.717) is 12.4 Å². The number of hydrogen-bond donors (Lipinski definition) is 1. The molecule has 1 unspecified atom stereocenters. The Kier molecular flexibility index (Phi) is 4.55. The molecule has 0 amide bonds. The molecule has 6 heteroatoms. The Hall–Kier alpha value is -1.40. The van der Waals surface area contributed by atoms with E-state index in [2.05, 4.69) is 10.3 Å². The Balaban J connectivity index is 2.12. The van der Waals surface area contributed by atoms with E-state index in [1.807, 2.05) is 25.8 Å². The lowest BCUT2D eigenvalue weighted by Crippen LogP contribution is -2.45. The number of nitrogens with one attached hydrogen (secondary N) is 1. The molecule has 2 rings (SSSR count). The highest BCUT2D eigenvalue weighted by Crippen LogP contribution is 2.07. The molecule has 1 N–H and O–H groups in total. The second-order valence-electron chi connectivity index (χ2n) is 5.13. The fourth-order valence-electron chi connectivity index (χ4n) is 2.21. The lowest BCUT2D eigenvalue weighted by atomic mass is 10.3. The Morgan fingerprint density at radius 2 is 2.42 bits per heavy atom. The second kappa shape index (κ2) is 6.16. The Morgan fingerprint density at radius 1 is 1.63 bits per heavy atom. The zero-order valence-electron chi connectivity index (χ0n) is 11.8. The maximum absolute atomic E-state index is 12.3. The number of ether oxygens (including phenoxy) is 1. The van der Waals surface area contributed by atoms with Crippen LogP contribution in [-0.2, 0) is 4.74 Å². The van der Waals surface area contributed by atoms with Crippen LogP contribution in [0, 0.1) is 0 Å². The monoisotopic (exact) mass is 266 g/mol. The maximum Gasteiger partial charge on any atom is 0.293 e. The van der Waals surface area contributed by atoms with E-state index < -0.39 is 0 Å². The van der Waals surface area contributed by atoms with Crippen molar-refractivity contribution in [1.82, 2.24) is 14.9 Å². The fraction of sp³-hybridized carbons (Fsp3) is 0.692. The third kappa shape index (κ3) is 3.33. The van der Waals surface area contributed by atoms with Gasteiger partial charge in [-0.25, -0.2) is 4.98 Å². The summed E-state index contributed by atoms with van der Waals surface area (Å²) in [7, 11) is 1.88. The van der Waals surface area contributed by atoms with Crippen LogP contribution in [-0.4, -0.2) is 48.9 Å². The van der Waals surface area contributed by atoms with E-state index in [1.165, 1.54) is 0 Å². The van der Waals surface area contributed by atoms with Crippen molar-refractivity contribution in [2.24, 2.45) is 0 Å². The van der Waals surface area contributed by atoms with Gasteiger partial charge in [-0.3, -0.25) is 4.79 Å². The van der Waals surface area contributed by atoms with Gasteiger partial charge in [-0.15, -0.1) is 0 Å². The van der Waals surface area contributed by atoms with Crippen LogP contribution in [0.2, 0.25) is 0 Å². The summed E-state index contributed by atoms with van der Waals surface area (Å²) in [5, 5.41) is 3.28. The van der Waals surface area contributed by atoms with Crippen molar-refractivity contribution in [3.05, 3.63) is 22.7 Å². The highest BCUT2D eigenvalue weighted by atomic mass is 16.5. The minimum absolute atomic E-state index is 0.0521. The van der Waals surface area contributed by atoms with Gasteiger partial charge in [-0.1, -0.05) is 0 Å². The molecule has 106 valence electrons. The fourth-order valence-corrected chi connectivity index (χ4v) is 2.21. The van der Waals surface area contributed by atoms with Crippen molar-refractivity contribution in [2.45, 2.75) is 26.0 Å². The molecular formula is C13H22N4O2. The van der Waals surface area contributed by atoms with E-state index in [4.69, 9.17) is 4.74 Å². The average molecular weight is 266 g/mol. The highest BCUT2D eigenvalue weighted by molar-refractivity contribution is 5.34. The number of likely N-dealkylation sites (N-methyl/N-ethyl adjacent to an activating group) is 1. The first-order valence-corrected chi connectivity index (χ1v) is 6.70. The third-order valence-corrected chi connectivity index (χ3v) is 3.25. The van der Waals surface area contributed by atoms with Crippen molar-refractivity contribution in [2.75, 3.05) is 38.2 Å². The van der Waals surface area contributed by atoms with Gasteiger partial charge in [0.1, 0.15) is 0 Å². The van der Waals surface area contributed by atoms with Crippen LogP contribution in [0.5, 0.6) is 0 Å². The largest absolute Gasteiger partial charge is 0.374 e. The first-order chi connectivity index (χ1) is 9.09. The zero-order chi connectivity index (χ0) is 13.8. The highest BCUT2D eigenvalue weighted by Gasteiger charge is 2.18. The number of nitrogens with zero attached hydrogens (tertiary/aromatic N) is 3. The number of hydrogen-bond acceptors (Lipinski definition) is 5. The standard InChI is InChI=1S/C13H22N4O2/c1-10(2)17-6-4-15-12(13(17)18)16(3)9-11-8-14-5-7-19-11/h4,6,10-11,14H,5,7-9H2,1-3H3. The Bertz CT molecular complexity index is 466. The van der Waals surface area contributed by atoms with Crippen LogP contribution in [0.1, 0.15) is 19.9 Å². The molecule has 0 radical (unpaired) electrons. The van der Waals surface area contributed by atoms with Gasteiger partial charge in [-0.05, 0) is 13.8 Å². The van der Waals surface area contributed by atoms with Gasteiger partial charge in [-0.2, -0.15) is 0 Å². The summed E-state index contributed by atoms with van der Waals surface area (Å²) in [5.41, 5.74) is -0.0521.